The Morgan fingerprint density at radius 3 is 2.62 bits per heavy atom. The zero-order valence-electron chi connectivity index (χ0n) is 18.3. The summed E-state index contributed by atoms with van der Waals surface area (Å²) < 4.78 is 74.9. The summed E-state index contributed by atoms with van der Waals surface area (Å²) in [5.41, 5.74) is -5.03. The third-order valence-electron chi connectivity index (χ3n) is 5.80. The Morgan fingerprint density at radius 2 is 1.97 bits per heavy atom. The lowest BCUT2D eigenvalue weighted by Gasteiger charge is -2.37. The summed E-state index contributed by atoms with van der Waals surface area (Å²) in [5, 5.41) is 5.56. The maximum Gasteiger partial charge on any atom is 0.416 e. The fraction of sp³-hybridized carbons (Fsp3) is 0.476. The van der Waals surface area contributed by atoms with Crippen LogP contribution in [0.3, 0.4) is 0 Å². The molecule has 2 aliphatic heterocycles. The van der Waals surface area contributed by atoms with Crippen LogP contribution in [0, 0.1) is 5.92 Å². The number of hydrogen-bond donors (Lipinski definition) is 2. The molecular formula is C21H23F5N5O2P. The number of fused-ring (bicyclic) bond motifs is 1. The van der Waals surface area contributed by atoms with Gasteiger partial charge in [-0.1, -0.05) is 23.1 Å². The van der Waals surface area contributed by atoms with Crippen molar-refractivity contribution >= 4 is 27.0 Å². The average molecular weight is 503 g/mol. The van der Waals surface area contributed by atoms with Crippen LogP contribution in [0.5, 0.6) is 0 Å². The molecule has 1 saturated heterocycles. The first-order valence-corrected chi connectivity index (χ1v) is 11.1. The number of aromatic nitrogens is 2. The van der Waals surface area contributed by atoms with Crippen molar-refractivity contribution in [2.75, 3.05) is 29.9 Å². The number of piperazine rings is 1. The minimum absolute atomic E-state index is 0.0416. The van der Waals surface area contributed by atoms with Gasteiger partial charge in [-0.05, 0) is 24.1 Å². The second-order valence-electron chi connectivity index (χ2n) is 8.55. The highest BCUT2D eigenvalue weighted by Crippen LogP contribution is 2.48. The number of ether oxygens (including phenoxy) is 1. The van der Waals surface area contributed by atoms with Gasteiger partial charge in [-0.3, -0.25) is 5.32 Å². The minimum atomic E-state index is -4.69. The van der Waals surface area contributed by atoms with Crippen molar-refractivity contribution in [2.24, 2.45) is 5.92 Å². The summed E-state index contributed by atoms with van der Waals surface area (Å²) in [5.74, 6) is 0.104. The molecule has 0 spiro atoms. The summed E-state index contributed by atoms with van der Waals surface area (Å²) in [6, 6.07) is 3.09. The maximum absolute atomic E-state index is 14.3. The summed E-state index contributed by atoms with van der Waals surface area (Å²) >= 11 is 0. The summed E-state index contributed by atoms with van der Waals surface area (Å²) in [7, 11) is 1.29. The summed E-state index contributed by atoms with van der Waals surface area (Å²) in [6.45, 7) is 5.43. The second kappa shape index (κ2) is 8.88. The first kappa shape index (κ1) is 24.5. The van der Waals surface area contributed by atoms with Crippen LogP contribution in [0.4, 0.5) is 38.4 Å². The van der Waals surface area contributed by atoms with Crippen LogP contribution in [0.2, 0.25) is 0 Å². The van der Waals surface area contributed by atoms with Crippen LogP contribution in [0.25, 0.3) is 11.3 Å². The van der Waals surface area contributed by atoms with Crippen molar-refractivity contribution in [1.82, 2.24) is 15.3 Å². The summed E-state index contributed by atoms with van der Waals surface area (Å²) in [4.78, 5) is 21.9. The molecule has 0 bridgehead atoms. The maximum atomic E-state index is 14.3. The fourth-order valence-electron chi connectivity index (χ4n) is 4.04. The lowest BCUT2D eigenvalue weighted by atomic mass is 9.98. The number of pyridine rings is 2. The molecular weight excluding hydrogens is 480 g/mol. The number of hydrogen-bond acceptors (Lipinski definition) is 6. The van der Waals surface area contributed by atoms with Crippen molar-refractivity contribution in [3.63, 3.8) is 0 Å². The van der Waals surface area contributed by atoms with E-state index >= 15 is 0 Å². The smallest absolute Gasteiger partial charge is 0.416 e. The molecule has 13 heteroatoms. The number of carbonyl (C=O) groups is 1. The van der Waals surface area contributed by atoms with E-state index in [0.717, 1.165) is 12.1 Å². The Hall–Kier alpha value is -2.59. The number of rotatable bonds is 4. The van der Waals surface area contributed by atoms with E-state index in [1.54, 1.807) is 4.90 Å². The van der Waals surface area contributed by atoms with Crippen LogP contribution < -0.4 is 15.5 Å². The zero-order valence-corrected chi connectivity index (χ0v) is 19.4. The SMILES string of the molecule is CC(C)C1CN(c2cc(C(F)(F)F)cc(-c3ccnc4c3[C@H](C(F)(F)P)OC(=O)N4)n2)CCN1. The average Bonchev–Trinajstić information content (AvgIpc) is 2.76. The van der Waals surface area contributed by atoms with Crippen LogP contribution >= 0.6 is 9.24 Å². The second-order valence-corrected chi connectivity index (χ2v) is 9.32. The molecule has 0 aliphatic carbocycles. The van der Waals surface area contributed by atoms with Gasteiger partial charge in [-0.25, -0.2) is 14.8 Å². The molecule has 1 amide bonds. The Kier molecular flexibility index (Phi) is 6.41. The molecule has 2 N–H and O–H groups in total. The molecule has 4 heterocycles. The van der Waals surface area contributed by atoms with Gasteiger partial charge >= 0.3 is 12.3 Å². The van der Waals surface area contributed by atoms with E-state index in [9.17, 15) is 26.7 Å². The third kappa shape index (κ3) is 4.93. The van der Waals surface area contributed by atoms with Crippen LogP contribution in [0.15, 0.2) is 24.4 Å². The lowest BCUT2D eigenvalue weighted by Crippen LogP contribution is -2.53. The third-order valence-corrected chi connectivity index (χ3v) is 6.10. The molecule has 1 fully saturated rings. The van der Waals surface area contributed by atoms with Crippen LogP contribution in [0.1, 0.15) is 31.1 Å². The molecule has 2 aromatic heterocycles. The van der Waals surface area contributed by atoms with Gasteiger partial charge in [0.05, 0.1) is 16.8 Å². The van der Waals surface area contributed by atoms with Gasteiger partial charge in [0.2, 0.25) is 0 Å². The van der Waals surface area contributed by atoms with E-state index in [0.29, 0.717) is 19.6 Å². The Balaban J connectivity index is 1.87. The molecule has 3 atom stereocenters. The van der Waals surface area contributed by atoms with Gasteiger partial charge in [0.15, 0.2) is 6.10 Å². The molecule has 2 aromatic rings. The molecule has 4 rings (SSSR count). The van der Waals surface area contributed by atoms with Crippen LogP contribution in [-0.4, -0.2) is 47.4 Å². The summed E-state index contributed by atoms with van der Waals surface area (Å²) in [6.07, 6.45) is -6.70. The van der Waals surface area contributed by atoms with Gasteiger partial charge in [0, 0.05) is 37.4 Å². The zero-order chi connectivity index (χ0) is 24.8. The lowest BCUT2D eigenvalue weighted by molar-refractivity contribution is -0.137. The molecule has 2 aliphatic rings. The molecule has 34 heavy (non-hydrogen) atoms. The first-order valence-electron chi connectivity index (χ1n) is 10.6. The number of alkyl halides is 5. The van der Waals surface area contributed by atoms with E-state index in [-0.39, 0.29) is 40.4 Å². The highest BCUT2D eigenvalue weighted by Gasteiger charge is 2.45. The van der Waals surface area contributed by atoms with Crippen molar-refractivity contribution < 1.29 is 31.5 Å². The van der Waals surface area contributed by atoms with E-state index in [2.05, 4.69) is 20.6 Å². The van der Waals surface area contributed by atoms with Gasteiger partial charge in [0.25, 0.3) is 5.66 Å². The van der Waals surface area contributed by atoms with Gasteiger partial charge in [0.1, 0.15) is 11.6 Å². The van der Waals surface area contributed by atoms with Gasteiger partial charge in [-0.15, -0.1) is 0 Å². The molecule has 2 unspecified atom stereocenters. The molecule has 0 saturated carbocycles. The van der Waals surface area contributed by atoms with E-state index in [1.807, 2.05) is 13.8 Å². The van der Waals surface area contributed by atoms with E-state index in [1.165, 1.54) is 21.5 Å². The topological polar surface area (TPSA) is 79.4 Å². The molecule has 184 valence electrons. The standard InChI is InChI=1S/C21H23F5N5O2P/c1-10(2)14-9-31(6-5-27-14)15-8-11(20(22,23)24)7-13(29-15)12-3-4-28-18-16(12)17(21(25,26)34)33-19(32)30-18/h3-4,7-8,10,14,17,27H,5-6,9,34H2,1-2H3,(H,28,30,32)/t14?,17-/m1/s1. The van der Waals surface area contributed by atoms with Crippen molar-refractivity contribution in [1.29, 1.82) is 0 Å². The number of anilines is 2. The number of amides is 1. The Bertz CT molecular complexity index is 1090. The van der Waals surface area contributed by atoms with Crippen molar-refractivity contribution in [3.05, 3.63) is 35.5 Å². The molecule has 0 radical (unpaired) electrons. The van der Waals surface area contributed by atoms with Gasteiger partial charge in [-0.2, -0.15) is 22.0 Å². The molecule has 7 nitrogen and oxygen atoms in total. The number of nitrogens with zero attached hydrogens (tertiary/aromatic N) is 3. The minimum Gasteiger partial charge on any atom is -0.434 e. The van der Waals surface area contributed by atoms with Crippen LogP contribution in [-0.2, 0) is 10.9 Å². The number of carbonyl (C=O) groups excluding carboxylic acids is 1. The van der Waals surface area contributed by atoms with E-state index < -0.39 is 29.6 Å². The monoisotopic (exact) mass is 503 g/mol. The molecule has 0 aromatic carbocycles. The first-order chi connectivity index (χ1) is 15.8. The number of halogens is 5. The largest absolute Gasteiger partial charge is 0.434 e. The predicted octanol–water partition coefficient (Wildman–Crippen LogP) is 4.67. The highest BCUT2D eigenvalue weighted by molar-refractivity contribution is 7.18. The predicted molar refractivity (Wildman–Crippen MR) is 119 cm³/mol. The number of cyclic esters (lactones) is 1. The Morgan fingerprint density at radius 1 is 1.24 bits per heavy atom. The normalized spacial score (nSPS) is 21.2. The fourth-order valence-corrected chi connectivity index (χ4v) is 4.27. The van der Waals surface area contributed by atoms with Crippen molar-refractivity contribution in [2.45, 2.75) is 37.8 Å². The Labute approximate surface area is 194 Å². The quantitative estimate of drug-likeness (QED) is 0.467. The van der Waals surface area contributed by atoms with E-state index in [4.69, 9.17) is 4.74 Å². The number of nitrogens with one attached hydrogen (secondary N) is 2. The highest BCUT2D eigenvalue weighted by atomic mass is 31.0. The van der Waals surface area contributed by atoms with Gasteiger partial charge < -0.3 is 15.0 Å². The van der Waals surface area contributed by atoms with Crippen molar-refractivity contribution in [3.8, 4) is 11.3 Å².